The number of aromatic nitrogens is 2. The van der Waals surface area contributed by atoms with E-state index in [9.17, 15) is 26.3 Å². The smallest absolute Gasteiger partial charge is 0.475 e. The number of rotatable bonds is 7. The maximum absolute atomic E-state index is 12.3. The standard InChI is InChI=1S/C23H23F3N4O2.C2HF3O2/c1-31-22-28-20(27-12-10-16-6-8-19(9-7-16)32-23(24,25)26)14-21(29-22)30-13-11-17-4-2-3-5-18(17)15-30;3-2(4,5)1(6)7/h2-9,14H,10-13,15H2,1H3,(H,27,28,29);(H,6,7). The maximum Gasteiger partial charge on any atom is 0.573 e. The number of fused-ring (bicyclic) bond motifs is 1. The lowest BCUT2D eigenvalue weighted by Crippen LogP contribution is -2.31. The van der Waals surface area contributed by atoms with E-state index in [0.29, 0.717) is 18.8 Å². The van der Waals surface area contributed by atoms with Gasteiger partial charge in [-0.05, 0) is 41.7 Å². The number of ether oxygens (including phenoxy) is 2. The Morgan fingerprint density at radius 2 is 1.67 bits per heavy atom. The second-order valence-corrected chi connectivity index (χ2v) is 8.21. The van der Waals surface area contributed by atoms with Crippen molar-refractivity contribution in [1.82, 2.24) is 9.97 Å². The molecule has 0 saturated heterocycles. The molecular weight excluding hydrogens is 534 g/mol. The largest absolute Gasteiger partial charge is 0.573 e. The van der Waals surface area contributed by atoms with E-state index in [1.165, 1.54) is 30.4 Å². The zero-order chi connectivity index (χ0) is 28.6. The van der Waals surface area contributed by atoms with Gasteiger partial charge in [-0.3, -0.25) is 0 Å². The van der Waals surface area contributed by atoms with Crippen LogP contribution < -0.4 is 19.7 Å². The zero-order valence-corrected chi connectivity index (χ0v) is 20.5. The number of methoxy groups -OCH3 is 1. The fourth-order valence-corrected chi connectivity index (χ4v) is 3.64. The lowest BCUT2D eigenvalue weighted by molar-refractivity contribution is -0.274. The van der Waals surface area contributed by atoms with Gasteiger partial charge in [0.1, 0.15) is 17.4 Å². The lowest BCUT2D eigenvalue weighted by Gasteiger charge is -2.30. The number of carbonyl (C=O) groups is 1. The lowest BCUT2D eigenvalue weighted by atomic mass is 10.00. The van der Waals surface area contributed by atoms with Gasteiger partial charge < -0.3 is 24.8 Å². The van der Waals surface area contributed by atoms with Gasteiger partial charge in [0.05, 0.1) is 7.11 Å². The molecule has 2 N–H and O–H groups in total. The highest BCUT2D eigenvalue weighted by Crippen LogP contribution is 2.26. The Bertz CT molecular complexity index is 1250. The minimum atomic E-state index is -5.08. The van der Waals surface area contributed by atoms with Crippen molar-refractivity contribution in [3.8, 4) is 11.8 Å². The molecule has 2 aromatic carbocycles. The molecule has 4 rings (SSSR count). The average molecular weight is 558 g/mol. The van der Waals surface area contributed by atoms with Crippen LogP contribution in [0.4, 0.5) is 38.0 Å². The number of hydrogen-bond acceptors (Lipinski definition) is 7. The summed E-state index contributed by atoms with van der Waals surface area (Å²) in [6.45, 7) is 2.16. The molecule has 39 heavy (non-hydrogen) atoms. The average Bonchev–Trinajstić information content (AvgIpc) is 2.88. The van der Waals surface area contributed by atoms with Crippen molar-refractivity contribution >= 4 is 17.6 Å². The molecule has 2 heterocycles. The normalized spacial score (nSPS) is 13.1. The molecule has 0 atom stereocenters. The van der Waals surface area contributed by atoms with Gasteiger partial charge in [-0.2, -0.15) is 23.1 Å². The van der Waals surface area contributed by atoms with E-state index in [2.05, 4.69) is 43.1 Å². The fraction of sp³-hybridized carbons (Fsp3) is 0.320. The number of anilines is 2. The van der Waals surface area contributed by atoms with Gasteiger partial charge in [0.2, 0.25) is 0 Å². The molecule has 0 aliphatic carbocycles. The highest BCUT2D eigenvalue weighted by atomic mass is 19.4. The van der Waals surface area contributed by atoms with Crippen LogP contribution in [0, 0.1) is 0 Å². The Labute approximate surface area is 219 Å². The minimum Gasteiger partial charge on any atom is -0.475 e. The number of halogens is 6. The summed E-state index contributed by atoms with van der Waals surface area (Å²) in [4.78, 5) is 19.9. The number of carboxylic acids is 1. The SMILES string of the molecule is COc1nc(NCCc2ccc(OC(F)(F)F)cc2)cc(N2CCc3ccccc3C2)n1.O=C(O)C(F)(F)F. The first-order valence-electron chi connectivity index (χ1n) is 11.5. The van der Waals surface area contributed by atoms with Crippen LogP contribution >= 0.6 is 0 Å². The summed E-state index contributed by atoms with van der Waals surface area (Å²) in [7, 11) is 1.53. The van der Waals surface area contributed by atoms with E-state index < -0.39 is 18.5 Å². The van der Waals surface area contributed by atoms with Crippen molar-refractivity contribution in [3.63, 3.8) is 0 Å². The monoisotopic (exact) mass is 558 g/mol. The molecule has 210 valence electrons. The van der Waals surface area contributed by atoms with Crippen molar-refractivity contribution in [2.45, 2.75) is 31.9 Å². The van der Waals surface area contributed by atoms with Gasteiger partial charge in [0.15, 0.2) is 0 Å². The molecule has 14 heteroatoms. The van der Waals surface area contributed by atoms with Gasteiger partial charge in [-0.1, -0.05) is 36.4 Å². The topological polar surface area (TPSA) is 96.8 Å². The van der Waals surface area contributed by atoms with Crippen molar-refractivity contribution in [2.75, 3.05) is 30.4 Å². The van der Waals surface area contributed by atoms with Gasteiger partial charge in [-0.15, -0.1) is 13.2 Å². The van der Waals surface area contributed by atoms with Gasteiger partial charge in [0.25, 0.3) is 0 Å². The summed E-state index contributed by atoms with van der Waals surface area (Å²) in [6, 6.07) is 16.4. The van der Waals surface area contributed by atoms with Crippen LogP contribution in [-0.2, 0) is 24.2 Å². The van der Waals surface area contributed by atoms with Crippen LogP contribution in [0.1, 0.15) is 16.7 Å². The van der Waals surface area contributed by atoms with Crippen LogP contribution in [0.3, 0.4) is 0 Å². The van der Waals surface area contributed by atoms with Crippen LogP contribution in [0.25, 0.3) is 0 Å². The Morgan fingerprint density at radius 1 is 1.03 bits per heavy atom. The van der Waals surface area contributed by atoms with E-state index >= 15 is 0 Å². The quantitative estimate of drug-likeness (QED) is 0.381. The predicted molar refractivity (Wildman–Crippen MR) is 129 cm³/mol. The molecule has 0 bridgehead atoms. The molecule has 0 spiro atoms. The predicted octanol–water partition coefficient (Wildman–Crippen LogP) is 5.23. The Hall–Kier alpha value is -4.23. The van der Waals surface area contributed by atoms with Crippen molar-refractivity contribution in [1.29, 1.82) is 0 Å². The van der Waals surface area contributed by atoms with E-state index in [0.717, 1.165) is 30.9 Å². The Balaban J connectivity index is 0.000000532. The first kappa shape index (κ1) is 29.3. The van der Waals surface area contributed by atoms with E-state index in [1.807, 2.05) is 12.1 Å². The number of aliphatic carboxylic acids is 1. The Kier molecular flexibility index (Phi) is 9.43. The minimum absolute atomic E-state index is 0.234. The Morgan fingerprint density at radius 3 is 2.26 bits per heavy atom. The molecule has 1 aromatic heterocycles. The molecule has 0 unspecified atom stereocenters. The van der Waals surface area contributed by atoms with Crippen LogP contribution in [0.5, 0.6) is 11.8 Å². The molecule has 1 aliphatic heterocycles. The number of alkyl halides is 6. The van der Waals surface area contributed by atoms with Gasteiger partial charge in [-0.25, -0.2) is 4.79 Å². The molecule has 8 nitrogen and oxygen atoms in total. The third kappa shape index (κ3) is 9.23. The summed E-state index contributed by atoms with van der Waals surface area (Å²) in [5, 5.41) is 10.4. The number of benzene rings is 2. The highest BCUT2D eigenvalue weighted by molar-refractivity contribution is 5.73. The number of nitrogens with one attached hydrogen (secondary N) is 1. The summed E-state index contributed by atoms with van der Waals surface area (Å²) < 4.78 is 77.7. The molecule has 1 aliphatic rings. The second kappa shape index (κ2) is 12.5. The molecule has 0 saturated carbocycles. The van der Waals surface area contributed by atoms with Crippen LogP contribution in [-0.4, -0.2) is 53.8 Å². The third-order valence-corrected chi connectivity index (χ3v) is 5.45. The summed E-state index contributed by atoms with van der Waals surface area (Å²) in [5.41, 5.74) is 3.51. The summed E-state index contributed by atoms with van der Waals surface area (Å²) in [6.07, 6.45) is -8.23. The number of hydrogen-bond donors (Lipinski definition) is 2. The number of carboxylic acid groups (broad SMARTS) is 1. The van der Waals surface area contributed by atoms with E-state index in [4.69, 9.17) is 14.6 Å². The maximum atomic E-state index is 12.3. The van der Waals surface area contributed by atoms with E-state index in [-0.39, 0.29) is 11.8 Å². The summed E-state index contributed by atoms with van der Waals surface area (Å²) >= 11 is 0. The van der Waals surface area contributed by atoms with Crippen molar-refractivity contribution < 1.29 is 45.7 Å². The van der Waals surface area contributed by atoms with E-state index in [1.54, 1.807) is 12.1 Å². The van der Waals surface area contributed by atoms with Crippen molar-refractivity contribution in [3.05, 3.63) is 71.3 Å². The molecule has 0 amide bonds. The first-order valence-corrected chi connectivity index (χ1v) is 11.5. The fourth-order valence-electron chi connectivity index (χ4n) is 3.64. The highest BCUT2D eigenvalue weighted by Gasteiger charge is 2.38. The molecule has 0 fully saturated rings. The first-order chi connectivity index (χ1) is 18.3. The van der Waals surface area contributed by atoms with Crippen LogP contribution in [0.2, 0.25) is 0 Å². The number of nitrogens with zero attached hydrogens (tertiary/aromatic N) is 3. The third-order valence-electron chi connectivity index (χ3n) is 5.45. The second-order valence-electron chi connectivity index (χ2n) is 8.21. The van der Waals surface area contributed by atoms with Crippen LogP contribution in [0.15, 0.2) is 54.6 Å². The molecule has 0 radical (unpaired) electrons. The summed E-state index contributed by atoms with van der Waals surface area (Å²) in [5.74, 6) is -1.58. The molecular formula is C25H24F6N4O4. The zero-order valence-electron chi connectivity index (χ0n) is 20.5. The van der Waals surface area contributed by atoms with Gasteiger partial charge >= 0.3 is 24.5 Å². The molecule has 3 aromatic rings. The van der Waals surface area contributed by atoms with Gasteiger partial charge in [0, 0.05) is 25.7 Å². The van der Waals surface area contributed by atoms with Crippen molar-refractivity contribution in [2.24, 2.45) is 0 Å².